The molecule has 25 heavy (non-hydrogen) atoms. The summed E-state index contributed by atoms with van der Waals surface area (Å²) in [6.07, 6.45) is 0. The zero-order valence-electron chi connectivity index (χ0n) is 13.5. The van der Waals surface area contributed by atoms with Gasteiger partial charge in [0, 0.05) is 30.2 Å². The van der Waals surface area contributed by atoms with Crippen LogP contribution in [-0.2, 0) is 16.2 Å². The summed E-state index contributed by atoms with van der Waals surface area (Å²) < 4.78 is 11.6. The lowest BCUT2D eigenvalue weighted by Crippen LogP contribution is -2.49. The van der Waals surface area contributed by atoms with Gasteiger partial charge < -0.3 is 9.15 Å². The predicted octanol–water partition coefficient (Wildman–Crippen LogP) is 1.44. The number of carbonyl (C=O) groups is 1. The van der Waals surface area contributed by atoms with Crippen LogP contribution in [0.1, 0.15) is 6.92 Å². The van der Waals surface area contributed by atoms with E-state index in [4.69, 9.17) is 9.15 Å². The molecule has 1 aliphatic heterocycles. The Morgan fingerprint density at radius 1 is 1.52 bits per heavy atom. The molecule has 0 saturated carbocycles. The lowest BCUT2D eigenvalue weighted by molar-refractivity contribution is -0.384. The Labute approximate surface area is 146 Å². The lowest BCUT2D eigenvalue weighted by atomic mass is 10.2. The highest BCUT2D eigenvalue weighted by Crippen LogP contribution is 2.23. The van der Waals surface area contributed by atoms with Crippen LogP contribution in [0, 0.1) is 10.1 Å². The van der Waals surface area contributed by atoms with Gasteiger partial charge in [-0.15, -0.1) is 0 Å². The van der Waals surface area contributed by atoms with Crippen LogP contribution in [0.3, 0.4) is 0 Å². The first kappa shape index (κ1) is 17.5. The van der Waals surface area contributed by atoms with Crippen LogP contribution in [0.5, 0.6) is 0 Å². The van der Waals surface area contributed by atoms with Gasteiger partial charge in [0.1, 0.15) is 6.04 Å². The molecule has 0 spiro atoms. The Morgan fingerprint density at radius 3 is 3.04 bits per heavy atom. The number of aromatic nitrogens is 1. The SMILES string of the molecule is CCOC(=O)C1CSCCN1Cn1c(=O)oc2ccc([N+](=O)[O-])cc21. The van der Waals surface area contributed by atoms with Gasteiger partial charge in [-0.05, 0) is 13.0 Å². The van der Waals surface area contributed by atoms with Gasteiger partial charge in [0.15, 0.2) is 5.58 Å². The Hall–Kier alpha value is -2.33. The van der Waals surface area contributed by atoms with E-state index < -0.39 is 16.7 Å². The summed E-state index contributed by atoms with van der Waals surface area (Å²) in [4.78, 5) is 36.6. The number of fused-ring (bicyclic) bond motifs is 1. The van der Waals surface area contributed by atoms with E-state index in [2.05, 4.69) is 0 Å². The lowest BCUT2D eigenvalue weighted by Gasteiger charge is -2.33. The van der Waals surface area contributed by atoms with E-state index in [1.807, 2.05) is 4.90 Å². The molecule has 0 N–H and O–H groups in total. The van der Waals surface area contributed by atoms with Crippen molar-refractivity contribution in [2.45, 2.75) is 19.6 Å². The molecule has 2 aromatic rings. The first-order valence-electron chi connectivity index (χ1n) is 7.77. The first-order chi connectivity index (χ1) is 12.0. The average Bonchev–Trinajstić information content (AvgIpc) is 2.90. The van der Waals surface area contributed by atoms with Gasteiger partial charge in [0.2, 0.25) is 0 Å². The Balaban J connectivity index is 1.94. The van der Waals surface area contributed by atoms with Gasteiger partial charge >= 0.3 is 11.7 Å². The number of hydrogen-bond donors (Lipinski definition) is 0. The van der Waals surface area contributed by atoms with Crippen molar-refractivity contribution in [1.82, 2.24) is 9.47 Å². The van der Waals surface area contributed by atoms with Gasteiger partial charge in [-0.3, -0.25) is 24.4 Å². The van der Waals surface area contributed by atoms with Crippen molar-refractivity contribution in [2.75, 3.05) is 24.7 Å². The van der Waals surface area contributed by atoms with Gasteiger partial charge in [0.05, 0.1) is 23.7 Å². The van der Waals surface area contributed by atoms with Crippen molar-refractivity contribution in [2.24, 2.45) is 0 Å². The summed E-state index contributed by atoms with van der Waals surface area (Å²) in [6, 6.07) is 3.53. The fraction of sp³-hybridized carbons (Fsp3) is 0.467. The molecule has 1 aliphatic rings. The second-order valence-corrected chi connectivity index (χ2v) is 6.65. The van der Waals surface area contributed by atoms with Crippen molar-refractivity contribution in [3.05, 3.63) is 38.9 Å². The number of thioether (sulfide) groups is 1. The molecule has 9 nitrogen and oxygen atoms in total. The highest BCUT2D eigenvalue weighted by molar-refractivity contribution is 7.99. The van der Waals surface area contributed by atoms with Crippen LogP contribution in [0.4, 0.5) is 5.69 Å². The fourth-order valence-electron chi connectivity index (χ4n) is 2.74. The molecule has 10 heteroatoms. The molecule has 1 saturated heterocycles. The summed E-state index contributed by atoms with van der Waals surface area (Å²) in [5.41, 5.74) is 0.480. The van der Waals surface area contributed by atoms with E-state index >= 15 is 0 Å². The number of oxazole rings is 1. The van der Waals surface area contributed by atoms with Crippen molar-refractivity contribution >= 4 is 34.5 Å². The number of esters is 1. The summed E-state index contributed by atoms with van der Waals surface area (Å²) >= 11 is 1.65. The predicted molar refractivity (Wildman–Crippen MR) is 91.6 cm³/mol. The quantitative estimate of drug-likeness (QED) is 0.444. The molecule has 1 atom stereocenters. The van der Waals surface area contributed by atoms with E-state index in [1.54, 1.807) is 18.7 Å². The number of benzene rings is 1. The molecule has 1 unspecified atom stereocenters. The van der Waals surface area contributed by atoms with Crippen LogP contribution in [-0.4, -0.2) is 51.1 Å². The maximum absolute atomic E-state index is 12.2. The minimum Gasteiger partial charge on any atom is -0.465 e. The average molecular weight is 367 g/mol. The van der Waals surface area contributed by atoms with Gasteiger partial charge in [-0.25, -0.2) is 4.79 Å². The van der Waals surface area contributed by atoms with Gasteiger partial charge in [0.25, 0.3) is 5.69 Å². The molecule has 1 aromatic carbocycles. The number of nitro benzene ring substituents is 1. The third-order valence-electron chi connectivity index (χ3n) is 3.98. The number of ether oxygens (including phenoxy) is 1. The van der Waals surface area contributed by atoms with E-state index in [-0.39, 0.29) is 30.5 Å². The summed E-state index contributed by atoms with van der Waals surface area (Å²) in [5, 5.41) is 11.0. The highest BCUT2D eigenvalue weighted by atomic mass is 32.2. The van der Waals surface area contributed by atoms with E-state index in [0.717, 1.165) is 5.75 Å². The van der Waals surface area contributed by atoms with Crippen LogP contribution < -0.4 is 5.76 Å². The van der Waals surface area contributed by atoms with Crippen LogP contribution >= 0.6 is 11.8 Å². The largest absolute Gasteiger partial charge is 0.465 e. The molecule has 1 fully saturated rings. The highest BCUT2D eigenvalue weighted by Gasteiger charge is 2.31. The molecule has 134 valence electrons. The molecule has 0 aliphatic carbocycles. The van der Waals surface area contributed by atoms with Crippen molar-refractivity contribution in [1.29, 1.82) is 0 Å². The zero-order valence-corrected chi connectivity index (χ0v) is 14.4. The standard InChI is InChI=1S/C15H17N3O6S/c1-2-23-14(19)12-8-25-6-5-16(12)9-17-11-7-10(18(21)22)3-4-13(11)24-15(17)20/h3-4,7,12H,2,5-6,8-9H2,1H3. The van der Waals surface area contributed by atoms with Crippen LogP contribution in [0.25, 0.3) is 11.1 Å². The molecule has 1 aromatic heterocycles. The number of nitro groups is 1. The number of non-ortho nitro benzene ring substituents is 1. The summed E-state index contributed by atoms with van der Waals surface area (Å²) in [5.74, 6) is 0.447. The number of rotatable bonds is 5. The maximum Gasteiger partial charge on any atom is 0.421 e. The van der Waals surface area contributed by atoms with Crippen molar-refractivity contribution in [3.63, 3.8) is 0 Å². The molecule has 2 heterocycles. The second kappa shape index (κ2) is 7.28. The van der Waals surface area contributed by atoms with Gasteiger partial charge in [-0.1, -0.05) is 0 Å². The third kappa shape index (κ3) is 3.54. The Kier molecular flexibility index (Phi) is 5.09. The number of carbonyl (C=O) groups excluding carboxylic acids is 1. The molecule has 0 radical (unpaired) electrons. The van der Waals surface area contributed by atoms with E-state index in [9.17, 15) is 19.7 Å². The molecular weight excluding hydrogens is 350 g/mol. The number of nitrogens with zero attached hydrogens (tertiary/aromatic N) is 3. The van der Waals surface area contributed by atoms with Crippen molar-refractivity contribution < 1.29 is 18.9 Å². The zero-order chi connectivity index (χ0) is 18.0. The van der Waals surface area contributed by atoms with E-state index in [1.165, 1.54) is 22.8 Å². The third-order valence-corrected chi connectivity index (χ3v) is 5.01. The normalized spacial score (nSPS) is 18.4. The molecule has 0 bridgehead atoms. The molecule has 3 rings (SSSR count). The van der Waals surface area contributed by atoms with Crippen LogP contribution in [0.15, 0.2) is 27.4 Å². The van der Waals surface area contributed by atoms with E-state index in [0.29, 0.717) is 17.8 Å². The molecular formula is C15H17N3O6S. The summed E-state index contributed by atoms with van der Waals surface area (Å²) in [7, 11) is 0. The number of hydrogen-bond acceptors (Lipinski definition) is 8. The Bertz CT molecular complexity index is 861. The Morgan fingerprint density at radius 2 is 2.32 bits per heavy atom. The minimum atomic E-state index is -0.615. The van der Waals surface area contributed by atoms with Crippen molar-refractivity contribution in [3.8, 4) is 0 Å². The summed E-state index contributed by atoms with van der Waals surface area (Å²) in [6.45, 7) is 2.74. The maximum atomic E-state index is 12.2. The first-order valence-corrected chi connectivity index (χ1v) is 8.93. The van der Waals surface area contributed by atoms with Gasteiger partial charge in [-0.2, -0.15) is 11.8 Å². The fourth-order valence-corrected chi connectivity index (χ4v) is 3.84. The second-order valence-electron chi connectivity index (χ2n) is 5.50. The molecule has 0 amide bonds. The topological polar surface area (TPSA) is 108 Å². The monoisotopic (exact) mass is 367 g/mol. The smallest absolute Gasteiger partial charge is 0.421 e. The minimum absolute atomic E-state index is 0.108. The van der Waals surface area contributed by atoms with Crippen LogP contribution in [0.2, 0.25) is 0 Å².